The van der Waals surface area contributed by atoms with Crippen LogP contribution in [0, 0.1) is 6.92 Å². The predicted molar refractivity (Wildman–Crippen MR) is 78.6 cm³/mol. The second-order valence-electron chi connectivity index (χ2n) is 5.01. The average Bonchev–Trinajstić information content (AvgIpc) is 2.84. The number of nitrogens with zero attached hydrogens (tertiary/aromatic N) is 1. The summed E-state index contributed by atoms with van der Waals surface area (Å²) >= 11 is 0. The molecule has 0 saturated heterocycles. The van der Waals surface area contributed by atoms with Gasteiger partial charge in [-0.2, -0.15) is 0 Å². The molecule has 0 fully saturated rings. The van der Waals surface area contributed by atoms with Gasteiger partial charge >= 0.3 is 5.97 Å². The third-order valence-electron chi connectivity index (χ3n) is 3.35. The normalized spacial score (nSPS) is 10.9. The molecule has 1 heterocycles. The first-order valence-electron chi connectivity index (χ1n) is 6.63. The minimum absolute atomic E-state index is 0.183. The molecule has 5 nitrogen and oxygen atoms in total. The van der Waals surface area contributed by atoms with Gasteiger partial charge < -0.3 is 14.3 Å². The molecule has 21 heavy (non-hydrogen) atoms. The summed E-state index contributed by atoms with van der Waals surface area (Å²) in [6.07, 6.45) is 1.68. The maximum Gasteiger partial charge on any atom is 0.339 e. The molecule has 0 bridgehead atoms. The van der Waals surface area contributed by atoms with E-state index in [1.54, 1.807) is 18.4 Å². The molecule has 0 aliphatic rings. The highest BCUT2D eigenvalue weighted by atomic mass is 16.5. The summed E-state index contributed by atoms with van der Waals surface area (Å²) in [5, 5.41) is 9.19. The Hall–Kier alpha value is -2.27. The van der Waals surface area contributed by atoms with Gasteiger partial charge in [0.25, 0.3) is 0 Å². The summed E-state index contributed by atoms with van der Waals surface area (Å²) in [6, 6.07) is 7.17. The van der Waals surface area contributed by atoms with Crippen molar-refractivity contribution in [3.63, 3.8) is 0 Å². The van der Waals surface area contributed by atoms with E-state index in [9.17, 15) is 9.90 Å². The Morgan fingerprint density at radius 2 is 2.10 bits per heavy atom. The number of aryl methyl sites for hydroxylation is 1. The van der Waals surface area contributed by atoms with E-state index in [0.29, 0.717) is 12.3 Å². The van der Waals surface area contributed by atoms with Crippen molar-refractivity contribution in [3.8, 4) is 5.75 Å². The zero-order valence-corrected chi connectivity index (χ0v) is 12.4. The molecule has 5 heteroatoms. The topological polar surface area (TPSA) is 62.9 Å². The van der Waals surface area contributed by atoms with Crippen molar-refractivity contribution in [2.75, 3.05) is 14.2 Å². The quantitative estimate of drug-likeness (QED) is 0.886. The smallest absolute Gasteiger partial charge is 0.339 e. The van der Waals surface area contributed by atoms with Crippen molar-refractivity contribution in [3.05, 3.63) is 53.0 Å². The van der Waals surface area contributed by atoms with Crippen LogP contribution in [0.4, 0.5) is 0 Å². The van der Waals surface area contributed by atoms with Gasteiger partial charge in [0, 0.05) is 18.7 Å². The highest BCUT2D eigenvalue weighted by Gasteiger charge is 2.13. The lowest BCUT2D eigenvalue weighted by molar-refractivity contribution is 0.0693. The standard InChI is InChI=1S/C16H19NO4/c1-11-13(6-7-21-11)10-17(2)9-12-4-5-15(20-3)14(8-12)16(18)19/h4-8H,9-10H2,1-3H3,(H,18,19). The molecule has 2 aromatic rings. The van der Waals surface area contributed by atoms with Crippen molar-refractivity contribution in [2.45, 2.75) is 20.0 Å². The second kappa shape index (κ2) is 6.45. The molecule has 0 aliphatic heterocycles. The number of furan rings is 1. The van der Waals surface area contributed by atoms with Gasteiger partial charge in [0.2, 0.25) is 0 Å². The summed E-state index contributed by atoms with van der Waals surface area (Å²) < 4.78 is 10.3. The first-order chi connectivity index (χ1) is 10.0. The van der Waals surface area contributed by atoms with Crippen LogP contribution in [0.3, 0.4) is 0 Å². The highest BCUT2D eigenvalue weighted by Crippen LogP contribution is 2.21. The van der Waals surface area contributed by atoms with Crippen LogP contribution in [0.25, 0.3) is 0 Å². The molecule has 2 rings (SSSR count). The lowest BCUT2D eigenvalue weighted by Gasteiger charge is -2.17. The Bertz CT molecular complexity index is 633. The maximum absolute atomic E-state index is 11.2. The Morgan fingerprint density at radius 1 is 1.33 bits per heavy atom. The van der Waals surface area contributed by atoms with Crippen LogP contribution in [-0.2, 0) is 13.1 Å². The molecule has 112 valence electrons. The number of methoxy groups -OCH3 is 1. The molecular formula is C16H19NO4. The first-order valence-corrected chi connectivity index (χ1v) is 6.63. The summed E-state index contributed by atoms with van der Waals surface area (Å²) in [5.74, 6) is 0.296. The summed E-state index contributed by atoms with van der Waals surface area (Å²) in [5.41, 5.74) is 2.24. The Balaban J connectivity index is 2.10. The zero-order chi connectivity index (χ0) is 15.4. The molecule has 1 aromatic heterocycles. The highest BCUT2D eigenvalue weighted by molar-refractivity contribution is 5.91. The van der Waals surface area contributed by atoms with E-state index >= 15 is 0 Å². The van der Waals surface area contributed by atoms with E-state index in [4.69, 9.17) is 9.15 Å². The molecule has 0 amide bonds. The number of carboxylic acid groups (broad SMARTS) is 1. The zero-order valence-electron chi connectivity index (χ0n) is 12.4. The van der Waals surface area contributed by atoms with Crippen LogP contribution in [0.15, 0.2) is 34.9 Å². The molecule has 0 radical (unpaired) electrons. The van der Waals surface area contributed by atoms with Crippen molar-refractivity contribution in [2.24, 2.45) is 0 Å². The molecule has 0 aliphatic carbocycles. The predicted octanol–water partition coefficient (Wildman–Crippen LogP) is 2.93. The lowest BCUT2D eigenvalue weighted by atomic mass is 10.1. The first kappa shape index (κ1) is 15.1. The van der Waals surface area contributed by atoms with Crippen LogP contribution in [0.2, 0.25) is 0 Å². The minimum Gasteiger partial charge on any atom is -0.496 e. The third kappa shape index (κ3) is 3.64. The number of rotatable bonds is 6. The van der Waals surface area contributed by atoms with Crippen molar-refractivity contribution >= 4 is 5.97 Å². The summed E-state index contributed by atoms with van der Waals surface area (Å²) in [7, 11) is 3.45. The van der Waals surface area contributed by atoms with Crippen molar-refractivity contribution in [1.82, 2.24) is 4.90 Å². The Kier molecular flexibility index (Phi) is 4.65. The van der Waals surface area contributed by atoms with E-state index in [1.807, 2.05) is 26.1 Å². The van der Waals surface area contributed by atoms with Gasteiger partial charge in [-0.15, -0.1) is 0 Å². The molecule has 0 unspecified atom stereocenters. The molecule has 1 aromatic carbocycles. The molecular weight excluding hydrogens is 270 g/mol. The number of carbonyl (C=O) groups is 1. The van der Waals surface area contributed by atoms with E-state index in [2.05, 4.69) is 4.90 Å². The maximum atomic E-state index is 11.2. The van der Waals surface area contributed by atoms with Crippen LogP contribution in [0.5, 0.6) is 5.75 Å². The number of hydrogen-bond acceptors (Lipinski definition) is 4. The largest absolute Gasteiger partial charge is 0.496 e. The summed E-state index contributed by atoms with van der Waals surface area (Å²) in [4.78, 5) is 13.3. The SMILES string of the molecule is COc1ccc(CN(C)Cc2ccoc2C)cc1C(=O)O. The van der Waals surface area contributed by atoms with Gasteiger partial charge in [-0.05, 0) is 37.7 Å². The Labute approximate surface area is 123 Å². The van der Waals surface area contributed by atoms with E-state index < -0.39 is 5.97 Å². The van der Waals surface area contributed by atoms with E-state index in [1.165, 1.54) is 7.11 Å². The van der Waals surface area contributed by atoms with Crippen molar-refractivity contribution in [1.29, 1.82) is 0 Å². The third-order valence-corrected chi connectivity index (χ3v) is 3.35. The average molecular weight is 289 g/mol. The monoisotopic (exact) mass is 289 g/mol. The Morgan fingerprint density at radius 3 is 2.67 bits per heavy atom. The number of hydrogen-bond donors (Lipinski definition) is 1. The molecule has 0 atom stereocenters. The number of ether oxygens (including phenoxy) is 1. The fourth-order valence-corrected chi connectivity index (χ4v) is 2.25. The van der Waals surface area contributed by atoms with Gasteiger partial charge in [-0.25, -0.2) is 4.79 Å². The van der Waals surface area contributed by atoms with Crippen LogP contribution < -0.4 is 4.74 Å². The van der Waals surface area contributed by atoms with Gasteiger partial charge in [0.15, 0.2) is 0 Å². The van der Waals surface area contributed by atoms with E-state index in [-0.39, 0.29) is 5.56 Å². The fraction of sp³-hybridized carbons (Fsp3) is 0.312. The number of carboxylic acids is 1. The summed E-state index contributed by atoms with van der Waals surface area (Å²) in [6.45, 7) is 3.32. The minimum atomic E-state index is -0.984. The van der Waals surface area contributed by atoms with Gasteiger partial charge in [-0.3, -0.25) is 4.90 Å². The molecule has 1 N–H and O–H groups in total. The van der Waals surface area contributed by atoms with Gasteiger partial charge in [-0.1, -0.05) is 6.07 Å². The number of aromatic carboxylic acids is 1. The van der Waals surface area contributed by atoms with E-state index in [0.717, 1.165) is 23.4 Å². The molecule has 0 saturated carbocycles. The van der Waals surface area contributed by atoms with Crippen LogP contribution >= 0.6 is 0 Å². The van der Waals surface area contributed by atoms with Gasteiger partial charge in [0.1, 0.15) is 17.1 Å². The lowest BCUT2D eigenvalue weighted by Crippen LogP contribution is -2.17. The van der Waals surface area contributed by atoms with Crippen LogP contribution in [0.1, 0.15) is 27.2 Å². The van der Waals surface area contributed by atoms with Gasteiger partial charge in [0.05, 0.1) is 13.4 Å². The van der Waals surface area contributed by atoms with Crippen LogP contribution in [-0.4, -0.2) is 30.1 Å². The fourth-order valence-electron chi connectivity index (χ4n) is 2.25. The molecule has 0 spiro atoms. The van der Waals surface area contributed by atoms with Crippen molar-refractivity contribution < 1.29 is 19.1 Å². The second-order valence-corrected chi connectivity index (χ2v) is 5.01. The number of benzene rings is 1.